The quantitative estimate of drug-likeness (QED) is 0.0823. The number of alkyl carbamates (subject to hydrolysis) is 1. The molecule has 3 aromatic rings. The second kappa shape index (κ2) is 15.9. The summed E-state index contributed by atoms with van der Waals surface area (Å²) in [5, 5.41) is 13.5. The number of benzene rings is 3. The Morgan fingerprint density at radius 1 is 0.854 bits per heavy atom. The van der Waals surface area contributed by atoms with Gasteiger partial charge in [-0.3, -0.25) is 19.8 Å². The summed E-state index contributed by atoms with van der Waals surface area (Å²) < 4.78 is 5.73. The highest BCUT2D eigenvalue weighted by molar-refractivity contribution is 5.99. The van der Waals surface area contributed by atoms with E-state index in [0.717, 1.165) is 27.8 Å². The summed E-state index contributed by atoms with van der Waals surface area (Å²) in [4.78, 5) is 54.5. The van der Waals surface area contributed by atoms with Crippen molar-refractivity contribution in [1.29, 1.82) is 0 Å². The van der Waals surface area contributed by atoms with Gasteiger partial charge in [-0.15, -0.1) is 0 Å². The fraction of sp³-hybridized carbons (Fsp3) is 0.385. The summed E-state index contributed by atoms with van der Waals surface area (Å²) in [6.45, 7) is 9.11. The maximum Gasteiger partial charge on any atom is 0.407 e. The zero-order valence-electron chi connectivity index (χ0n) is 28.3. The van der Waals surface area contributed by atoms with Gasteiger partial charge in [0.1, 0.15) is 6.61 Å². The highest BCUT2D eigenvalue weighted by Gasteiger charge is 2.54. The molecule has 5 N–H and O–H groups in total. The number of amides is 2. The lowest BCUT2D eigenvalue weighted by Crippen LogP contribution is -2.55. The van der Waals surface area contributed by atoms with Crippen molar-refractivity contribution in [3.05, 3.63) is 102 Å². The standard InChI is InChI=1S/C39H47N3O6/c1-24(2)21-32(36(44)42-40)34(37(45)46)39(22-25(3)4,20-19-27-13-7-6-8-14-27)35(43)26(5)41-38(47)48-23-33-30-17-11-9-15-28(30)29-16-10-12-18-31(29)33/h6-20,24-26,32-34H,21-23,40H2,1-5H3,(H,41,47)(H,42,44)(H,45,46)/b20-19+/t26-,32-,34-,39?/m1/s1. The summed E-state index contributed by atoms with van der Waals surface area (Å²) >= 11 is 0. The molecule has 9 heteroatoms. The zero-order valence-corrected chi connectivity index (χ0v) is 28.3. The molecule has 0 bridgehead atoms. The van der Waals surface area contributed by atoms with E-state index < -0.39 is 47.0 Å². The smallest absolute Gasteiger partial charge is 0.407 e. The van der Waals surface area contributed by atoms with Crippen LogP contribution in [0.5, 0.6) is 0 Å². The van der Waals surface area contributed by atoms with E-state index in [4.69, 9.17) is 10.6 Å². The molecular formula is C39H47N3O6. The molecule has 1 unspecified atom stereocenters. The summed E-state index contributed by atoms with van der Waals surface area (Å²) in [6.07, 6.45) is 2.81. The SMILES string of the molecule is CC(C)C[C@@H](C(=O)NN)[C@H](C(=O)O)C(/C=C/c1ccccc1)(CC(C)C)C(=O)[C@@H](C)NC(=O)OCC1c2ccccc2-c2ccccc21. The van der Waals surface area contributed by atoms with Crippen LogP contribution in [0.25, 0.3) is 17.2 Å². The lowest BCUT2D eigenvalue weighted by molar-refractivity contribution is -0.158. The first-order valence-electron chi connectivity index (χ1n) is 16.5. The predicted octanol–water partition coefficient (Wildman–Crippen LogP) is 6.58. The molecule has 9 nitrogen and oxygen atoms in total. The van der Waals surface area contributed by atoms with Crippen molar-refractivity contribution in [2.24, 2.45) is 34.9 Å². The molecule has 0 fully saturated rings. The minimum absolute atomic E-state index is 0.0523. The van der Waals surface area contributed by atoms with Crippen molar-refractivity contribution in [3.63, 3.8) is 0 Å². The molecule has 1 aliphatic rings. The fourth-order valence-electron chi connectivity index (χ4n) is 7.17. The minimum Gasteiger partial charge on any atom is -0.481 e. The number of carbonyl (C=O) groups excluding carboxylic acids is 3. The molecule has 0 saturated heterocycles. The third-order valence-corrected chi connectivity index (χ3v) is 9.08. The Bertz CT molecular complexity index is 1590. The van der Waals surface area contributed by atoms with Gasteiger partial charge < -0.3 is 15.2 Å². The van der Waals surface area contributed by atoms with Gasteiger partial charge in [0.2, 0.25) is 5.91 Å². The van der Waals surface area contributed by atoms with E-state index >= 15 is 0 Å². The number of nitrogens with two attached hydrogens (primary N) is 1. The van der Waals surface area contributed by atoms with Gasteiger partial charge in [-0.05, 0) is 59.4 Å². The van der Waals surface area contributed by atoms with Crippen LogP contribution in [0.1, 0.15) is 70.1 Å². The highest BCUT2D eigenvalue weighted by atomic mass is 16.5. The number of ketones is 1. The average molecular weight is 654 g/mol. The Hall–Kier alpha value is -4.76. The van der Waals surface area contributed by atoms with Crippen molar-refractivity contribution in [1.82, 2.24) is 10.7 Å². The van der Waals surface area contributed by atoms with E-state index in [1.807, 2.05) is 107 Å². The molecular weight excluding hydrogens is 606 g/mol. The maximum absolute atomic E-state index is 14.7. The molecule has 0 saturated carbocycles. The van der Waals surface area contributed by atoms with Crippen LogP contribution in [0.15, 0.2) is 84.9 Å². The number of aliphatic carboxylic acids is 1. The second-order valence-electron chi connectivity index (χ2n) is 13.5. The van der Waals surface area contributed by atoms with Crippen LogP contribution in [-0.2, 0) is 19.1 Å². The number of Topliss-reactive ketones (excluding diaryl/α,β-unsaturated/α-hetero) is 1. The number of nitrogens with one attached hydrogen (secondary N) is 2. The molecule has 0 aromatic heterocycles. The second-order valence-corrected chi connectivity index (χ2v) is 13.5. The number of hydrogen-bond donors (Lipinski definition) is 4. The van der Waals surface area contributed by atoms with Gasteiger partial charge in [0.15, 0.2) is 5.78 Å². The number of ether oxygens (including phenoxy) is 1. The number of rotatable bonds is 15. The molecule has 0 radical (unpaired) electrons. The third-order valence-electron chi connectivity index (χ3n) is 9.08. The Balaban J connectivity index is 1.68. The van der Waals surface area contributed by atoms with Crippen LogP contribution >= 0.6 is 0 Å². The summed E-state index contributed by atoms with van der Waals surface area (Å²) in [6, 6.07) is 24.0. The van der Waals surface area contributed by atoms with Crippen molar-refractivity contribution in [2.75, 3.05) is 6.61 Å². The van der Waals surface area contributed by atoms with Gasteiger partial charge in [-0.25, -0.2) is 10.6 Å². The Morgan fingerprint density at radius 2 is 1.42 bits per heavy atom. The summed E-state index contributed by atoms with van der Waals surface area (Å²) in [5.74, 6) is 0.0568. The van der Waals surface area contributed by atoms with E-state index in [9.17, 15) is 24.3 Å². The number of allylic oxidation sites excluding steroid dienone is 1. The summed E-state index contributed by atoms with van der Waals surface area (Å²) in [7, 11) is 0. The third kappa shape index (κ3) is 8.02. The van der Waals surface area contributed by atoms with E-state index in [0.29, 0.717) is 0 Å². The minimum atomic E-state index is -1.70. The molecule has 2 amide bonds. The Labute approximate surface area is 282 Å². The van der Waals surface area contributed by atoms with Crippen LogP contribution in [0, 0.1) is 29.1 Å². The van der Waals surface area contributed by atoms with Crippen molar-refractivity contribution >= 4 is 29.8 Å². The lowest BCUT2D eigenvalue weighted by atomic mass is 9.60. The first kappa shape index (κ1) is 36.1. The number of carboxylic acid groups (broad SMARTS) is 1. The number of carbonyl (C=O) groups is 4. The van der Waals surface area contributed by atoms with Crippen LogP contribution < -0.4 is 16.6 Å². The molecule has 0 heterocycles. The van der Waals surface area contributed by atoms with Crippen LogP contribution in [-0.4, -0.2) is 41.5 Å². The van der Waals surface area contributed by atoms with E-state index in [2.05, 4.69) is 10.7 Å². The molecule has 0 aliphatic heterocycles. The van der Waals surface area contributed by atoms with Crippen LogP contribution in [0.4, 0.5) is 4.79 Å². The predicted molar refractivity (Wildman–Crippen MR) is 186 cm³/mol. The van der Waals surface area contributed by atoms with Gasteiger partial charge >= 0.3 is 12.1 Å². The van der Waals surface area contributed by atoms with E-state index in [1.54, 1.807) is 12.2 Å². The normalized spacial score (nSPS) is 15.7. The Kier molecular flexibility index (Phi) is 11.9. The molecule has 3 aromatic carbocycles. The van der Waals surface area contributed by atoms with E-state index in [1.165, 1.54) is 6.92 Å². The van der Waals surface area contributed by atoms with Gasteiger partial charge in [-0.2, -0.15) is 0 Å². The van der Waals surface area contributed by atoms with Gasteiger partial charge in [0.25, 0.3) is 0 Å². The maximum atomic E-state index is 14.7. The largest absolute Gasteiger partial charge is 0.481 e. The Morgan fingerprint density at radius 3 is 1.94 bits per heavy atom. The van der Waals surface area contributed by atoms with Gasteiger partial charge in [0.05, 0.1) is 23.3 Å². The summed E-state index contributed by atoms with van der Waals surface area (Å²) in [5.41, 5.74) is 5.48. The number of hydrazine groups is 1. The molecule has 4 atom stereocenters. The number of hydrogen-bond acceptors (Lipinski definition) is 6. The number of carboxylic acids is 1. The first-order valence-corrected chi connectivity index (χ1v) is 16.5. The van der Waals surface area contributed by atoms with Crippen molar-refractivity contribution in [3.8, 4) is 11.1 Å². The molecule has 1 aliphatic carbocycles. The van der Waals surface area contributed by atoms with Crippen molar-refractivity contribution < 1.29 is 29.0 Å². The van der Waals surface area contributed by atoms with E-state index in [-0.39, 0.29) is 37.2 Å². The van der Waals surface area contributed by atoms with Gasteiger partial charge in [-0.1, -0.05) is 119 Å². The zero-order chi connectivity index (χ0) is 35.0. The number of fused-ring (bicyclic) bond motifs is 3. The molecule has 4 rings (SSSR count). The average Bonchev–Trinajstić information content (AvgIpc) is 3.38. The molecule has 254 valence electrons. The fourth-order valence-corrected chi connectivity index (χ4v) is 7.17. The van der Waals surface area contributed by atoms with Crippen LogP contribution in [0.2, 0.25) is 0 Å². The van der Waals surface area contributed by atoms with Gasteiger partial charge in [0, 0.05) is 5.92 Å². The van der Waals surface area contributed by atoms with Crippen molar-refractivity contribution in [2.45, 2.75) is 59.4 Å². The lowest BCUT2D eigenvalue weighted by Gasteiger charge is -2.41. The van der Waals surface area contributed by atoms with Crippen LogP contribution in [0.3, 0.4) is 0 Å². The monoisotopic (exact) mass is 653 g/mol. The highest BCUT2D eigenvalue weighted by Crippen LogP contribution is 2.46. The topological polar surface area (TPSA) is 148 Å². The molecule has 48 heavy (non-hydrogen) atoms. The first-order chi connectivity index (χ1) is 22.9. The molecule has 0 spiro atoms.